The number of aromatic hydroxyl groups is 1. The van der Waals surface area contributed by atoms with Crippen LogP contribution in [0.25, 0.3) is 11.0 Å². The van der Waals surface area contributed by atoms with Crippen LogP contribution >= 0.6 is 0 Å². The summed E-state index contributed by atoms with van der Waals surface area (Å²) < 4.78 is 11.0. The fraction of sp³-hybridized carbons (Fsp3) is 0.0769. The molecule has 2 heterocycles. The van der Waals surface area contributed by atoms with Gasteiger partial charge < -0.3 is 19.4 Å². The number of ether oxygens (including phenoxy) is 1. The largest absolute Gasteiger partial charge is 0.508 e. The van der Waals surface area contributed by atoms with E-state index in [0.717, 1.165) is 5.39 Å². The molecule has 33 heavy (non-hydrogen) atoms. The van der Waals surface area contributed by atoms with Gasteiger partial charge in [0.05, 0.1) is 18.7 Å². The van der Waals surface area contributed by atoms with Crippen molar-refractivity contribution in [1.82, 2.24) is 0 Å². The van der Waals surface area contributed by atoms with E-state index < -0.39 is 23.5 Å². The van der Waals surface area contributed by atoms with E-state index in [0.29, 0.717) is 22.6 Å². The number of furan rings is 1. The van der Waals surface area contributed by atoms with Gasteiger partial charge in [0.1, 0.15) is 17.1 Å². The molecule has 0 fully saturated rings. The van der Waals surface area contributed by atoms with Crippen LogP contribution in [-0.2, 0) is 4.79 Å². The van der Waals surface area contributed by atoms with Gasteiger partial charge in [0.25, 0.3) is 5.91 Å². The Morgan fingerprint density at radius 3 is 2.52 bits per heavy atom. The lowest BCUT2D eigenvalue weighted by molar-refractivity contribution is -0.117. The summed E-state index contributed by atoms with van der Waals surface area (Å²) in [5.74, 6) is -1.55. The molecule has 1 amide bonds. The second-order valence-corrected chi connectivity index (χ2v) is 7.61. The minimum Gasteiger partial charge on any atom is -0.508 e. The van der Waals surface area contributed by atoms with E-state index in [-0.39, 0.29) is 17.1 Å². The number of aliphatic hydroxyl groups excluding tert-OH is 1. The highest BCUT2D eigenvalue weighted by atomic mass is 16.5. The number of ketones is 1. The average molecular weight is 441 g/mol. The Balaban J connectivity index is 1.67. The van der Waals surface area contributed by atoms with Crippen LogP contribution in [0.2, 0.25) is 0 Å². The van der Waals surface area contributed by atoms with E-state index >= 15 is 0 Å². The Morgan fingerprint density at radius 1 is 0.970 bits per heavy atom. The zero-order chi connectivity index (χ0) is 23.1. The number of hydrogen-bond donors (Lipinski definition) is 2. The summed E-state index contributed by atoms with van der Waals surface area (Å²) >= 11 is 0. The molecular formula is C26H19NO6. The summed E-state index contributed by atoms with van der Waals surface area (Å²) in [6, 6.07) is 20.7. The van der Waals surface area contributed by atoms with E-state index in [1.54, 1.807) is 60.7 Å². The van der Waals surface area contributed by atoms with Gasteiger partial charge in [-0.1, -0.05) is 36.4 Å². The lowest BCUT2D eigenvalue weighted by Crippen LogP contribution is -2.31. The van der Waals surface area contributed by atoms with Gasteiger partial charge in [-0.05, 0) is 42.0 Å². The molecule has 1 aliphatic rings. The van der Waals surface area contributed by atoms with E-state index in [1.165, 1.54) is 24.1 Å². The predicted molar refractivity (Wildman–Crippen MR) is 122 cm³/mol. The van der Waals surface area contributed by atoms with Gasteiger partial charge in [0.15, 0.2) is 11.5 Å². The molecule has 2 N–H and O–H groups in total. The molecule has 0 saturated heterocycles. The minimum absolute atomic E-state index is 0.00296. The molecule has 0 bridgehead atoms. The molecule has 1 aromatic heterocycles. The van der Waals surface area contributed by atoms with E-state index in [4.69, 9.17) is 9.15 Å². The molecule has 0 spiro atoms. The maximum Gasteiger partial charge on any atom is 0.294 e. The molecule has 5 rings (SSSR count). The zero-order valence-electron chi connectivity index (χ0n) is 17.6. The quantitative estimate of drug-likeness (QED) is 0.426. The number of methoxy groups -OCH3 is 1. The number of Topliss-reactive ketones (excluding diaryl/α,β-unsaturated/α-hetero) is 1. The van der Waals surface area contributed by atoms with E-state index in [1.807, 2.05) is 6.07 Å². The van der Waals surface area contributed by atoms with Crippen molar-refractivity contribution in [2.24, 2.45) is 0 Å². The van der Waals surface area contributed by atoms with Gasteiger partial charge in [-0.25, -0.2) is 0 Å². The van der Waals surface area contributed by atoms with Gasteiger partial charge in [-0.15, -0.1) is 0 Å². The van der Waals surface area contributed by atoms with Crippen LogP contribution in [-0.4, -0.2) is 29.0 Å². The van der Waals surface area contributed by atoms with Gasteiger partial charge >= 0.3 is 0 Å². The standard InChI is InChI=1S/C26H19NO6/c1-32-19-10-5-8-17(14-19)27-23(16-7-4-9-18(28)12-16)22(25(30)26(27)31)24(29)21-13-15-6-2-3-11-20(15)33-21/h2-14,23,28,30H,1H3. The topological polar surface area (TPSA) is 100 Å². The number of hydrogen-bond acceptors (Lipinski definition) is 6. The lowest BCUT2D eigenvalue weighted by atomic mass is 9.94. The van der Waals surface area contributed by atoms with Crippen LogP contribution in [0.4, 0.5) is 5.69 Å². The summed E-state index contributed by atoms with van der Waals surface area (Å²) in [6.07, 6.45) is 0. The van der Waals surface area contributed by atoms with Crippen molar-refractivity contribution in [2.45, 2.75) is 6.04 Å². The van der Waals surface area contributed by atoms with Crippen LogP contribution in [0, 0.1) is 0 Å². The molecule has 7 heteroatoms. The smallest absolute Gasteiger partial charge is 0.294 e. The first-order valence-electron chi connectivity index (χ1n) is 10.2. The number of nitrogens with zero attached hydrogens (tertiary/aromatic N) is 1. The number of phenols is 1. The summed E-state index contributed by atoms with van der Waals surface area (Å²) in [7, 11) is 1.50. The molecule has 1 atom stereocenters. The molecular weight excluding hydrogens is 422 g/mol. The Hall–Kier alpha value is -4.52. The van der Waals surface area contributed by atoms with E-state index in [2.05, 4.69) is 0 Å². The molecule has 1 unspecified atom stereocenters. The normalized spacial score (nSPS) is 16.0. The first-order valence-corrected chi connectivity index (χ1v) is 10.2. The van der Waals surface area contributed by atoms with Crippen molar-refractivity contribution in [3.05, 3.63) is 102 Å². The number of anilines is 1. The number of aliphatic hydroxyl groups is 1. The number of para-hydroxylation sites is 1. The van der Waals surface area contributed by atoms with Gasteiger partial charge in [0, 0.05) is 17.1 Å². The lowest BCUT2D eigenvalue weighted by Gasteiger charge is -2.27. The number of benzene rings is 3. The maximum atomic E-state index is 13.6. The summed E-state index contributed by atoms with van der Waals surface area (Å²) in [6.45, 7) is 0. The molecule has 0 aliphatic carbocycles. The second-order valence-electron chi connectivity index (χ2n) is 7.61. The number of phenolic OH excluding ortho intramolecular Hbond substituents is 1. The molecule has 0 saturated carbocycles. The number of rotatable bonds is 5. The first-order chi connectivity index (χ1) is 16.0. The predicted octanol–water partition coefficient (Wildman–Crippen LogP) is 4.93. The van der Waals surface area contributed by atoms with Crippen molar-refractivity contribution < 1.29 is 29.0 Å². The number of fused-ring (bicyclic) bond motifs is 1. The molecule has 1 aliphatic heterocycles. The number of carbonyl (C=O) groups is 2. The van der Waals surface area contributed by atoms with Crippen LogP contribution in [0.3, 0.4) is 0 Å². The van der Waals surface area contributed by atoms with Crippen molar-refractivity contribution in [3.63, 3.8) is 0 Å². The fourth-order valence-corrected chi connectivity index (χ4v) is 4.10. The zero-order valence-corrected chi connectivity index (χ0v) is 17.6. The highest BCUT2D eigenvalue weighted by Gasteiger charge is 2.45. The molecule has 3 aromatic carbocycles. The van der Waals surface area contributed by atoms with Crippen LogP contribution in [0.1, 0.15) is 22.2 Å². The summed E-state index contributed by atoms with van der Waals surface area (Å²) in [5, 5.41) is 21.7. The summed E-state index contributed by atoms with van der Waals surface area (Å²) in [5.41, 5.74) is 1.26. The monoisotopic (exact) mass is 441 g/mol. The Bertz CT molecular complexity index is 1400. The van der Waals surface area contributed by atoms with Crippen LogP contribution in [0.15, 0.2) is 94.6 Å². The van der Waals surface area contributed by atoms with Crippen molar-refractivity contribution >= 4 is 28.3 Å². The number of carbonyl (C=O) groups excluding carboxylic acids is 2. The SMILES string of the molecule is COc1cccc(N2C(=O)C(O)=C(C(=O)c3cc4ccccc4o3)C2c2cccc(O)c2)c1. The summed E-state index contributed by atoms with van der Waals surface area (Å²) in [4.78, 5) is 28.1. The van der Waals surface area contributed by atoms with Crippen molar-refractivity contribution in [2.75, 3.05) is 12.0 Å². The molecule has 7 nitrogen and oxygen atoms in total. The average Bonchev–Trinajstić information content (AvgIpc) is 3.38. The maximum absolute atomic E-state index is 13.6. The Labute approximate surface area is 188 Å². The van der Waals surface area contributed by atoms with Crippen molar-refractivity contribution in [3.8, 4) is 11.5 Å². The third kappa shape index (κ3) is 3.40. The van der Waals surface area contributed by atoms with E-state index in [9.17, 15) is 19.8 Å². The molecule has 4 aromatic rings. The van der Waals surface area contributed by atoms with Crippen LogP contribution < -0.4 is 9.64 Å². The van der Waals surface area contributed by atoms with Crippen LogP contribution in [0.5, 0.6) is 11.5 Å². The van der Waals surface area contributed by atoms with Gasteiger partial charge in [-0.2, -0.15) is 0 Å². The number of amides is 1. The molecule has 0 radical (unpaired) electrons. The second kappa shape index (κ2) is 7.87. The van der Waals surface area contributed by atoms with Crippen molar-refractivity contribution in [1.29, 1.82) is 0 Å². The Morgan fingerprint density at radius 2 is 1.76 bits per heavy atom. The minimum atomic E-state index is -0.989. The van der Waals surface area contributed by atoms with Gasteiger partial charge in [-0.3, -0.25) is 14.5 Å². The third-order valence-corrected chi connectivity index (χ3v) is 5.62. The highest BCUT2D eigenvalue weighted by molar-refractivity contribution is 6.20. The fourth-order valence-electron chi connectivity index (χ4n) is 4.10. The van der Waals surface area contributed by atoms with Gasteiger partial charge in [0.2, 0.25) is 5.78 Å². The first kappa shape index (κ1) is 20.4. The third-order valence-electron chi connectivity index (χ3n) is 5.62. The molecule has 164 valence electrons. The highest BCUT2D eigenvalue weighted by Crippen LogP contribution is 2.43. The Kier molecular flexibility index (Phi) is 4.86.